The maximum Gasteiger partial charge on any atom is 0.139 e. The minimum absolute atomic E-state index is 0.313. The SMILES string of the molecule is CC(C)N1CCCCCCC(=O)CC1=S. The summed E-state index contributed by atoms with van der Waals surface area (Å²) < 4.78 is 0. The number of nitrogens with zero attached hydrogens (tertiary/aromatic N) is 1. The van der Waals surface area contributed by atoms with Gasteiger partial charge in [0.05, 0.1) is 11.4 Å². The van der Waals surface area contributed by atoms with Crippen molar-refractivity contribution < 1.29 is 4.79 Å². The molecule has 0 saturated carbocycles. The van der Waals surface area contributed by atoms with Gasteiger partial charge in [-0.15, -0.1) is 0 Å². The zero-order valence-corrected chi connectivity index (χ0v) is 10.6. The highest BCUT2D eigenvalue weighted by molar-refractivity contribution is 7.80. The van der Waals surface area contributed by atoms with Gasteiger partial charge in [-0.1, -0.05) is 25.1 Å². The van der Waals surface area contributed by atoms with E-state index in [1.54, 1.807) is 0 Å². The summed E-state index contributed by atoms with van der Waals surface area (Å²) in [6.07, 6.45) is 5.85. The van der Waals surface area contributed by atoms with Crippen molar-refractivity contribution in [3.8, 4) is 0 Å². The molecule has 0 aromatic heterocycles. The Labute approximate surface area is 98.0 Å². The molecule has 0 aromatic carbocycles. The molecule has 0 aliphatic carbocycles. The fourth-order valence-corrected chi connectivity index (χ4v) is 2.45. The third-order valence-electron chi connectivity index (χ3n) is 2.90. The molecule has 3 heteroatoms. The van der Waals surface area contributed by atoms with Gasteiger partial charge < -0.3 is 4.90 Å². The first-order valence-corrected chi connectivity index (χ1v) is 6.33. The number of carbonyl (C=O) groups is 1. The van der Waals surface area contributed by atoms with E-state index in [0.29, 0.717) is 24.7 Å². The molecule has 1 saturated heterocycles. The van der Waals surface area contributed by atoms with Gasteiger partial charge in [-0.2, -0.15) is 0 Å². The third kappa shape index (κ3) is 4.29. The number of hydrogen-bond acceptors (Lipinski definition) is 2. The van der Waals surface area contributed by atoms with Crippen molar-refractivity contribution in [2.75, 3.05) is 6.54 Å². The highest BCUT2D eigenvalue weighted by Gasteiger charge is 2.16. The molecule has 0 bridgehead atoms. The Morgan fingerprint density at radius 1 is 1.20 bits per heavy atom. The number of rotatable bonds is 1. The van der Waals surface area contributed by atoms with E-state index < -0.39 is 0 Å². The lowest BCUT2D eigenvalue weighted by Crippen LogP contribution is -2.37. The molecule has 0 aromatic rings. The number of hydrogen-bond donors (Lipinski definition) is 0. The van der Waals surface area contributed by atoms with Gasteiger partial charge in [-0.05, 0) is 26.7 Å². The summed E-state index contributed by atoms with van der Waals surface area (Å²) in [4.78, 5) is 14.6. The van der Waals surface area contributed by atoms with Gasteiger partial charge in [0.1, 0.15) is 5.78 Å². The lowest BCUT2D eigenvalue weighted by molar-refractivity contribution is -0.118. The van der Waals surface area contributed by atoms with Crippen molar-refractivity contribution in [2.24, 2.45) is 0 Å². The van der Waals surface area contributed by atoms with Gasteiger partial charge in [0, 0.05) is 19.0 Å². The second-order valence-electron chi connectivity index (χ2n) is 4.56. The minimum Gasteiger partial charge on any atom is -0.363 e. The molecule has 1 fully saturated rings. The van der Waals surface area contributed by atoms with Crippen LogP contribution >= 0.6 is 12.2 Å². The molecule has 0 spiro atoms. The second kappa shape index (κ2) is 6.21. The van der Waals surface area contributed by atoms with Crippen LogP contribution in [0.2, 0.25) is 0 Å². The van der Waals surface area contributed by atoms with Crippen LogP contribution < -0.4 is 0 Å². The van der Waals surface area contributed by atoms with Crippen LogP contribution in [0.1, 0.15) is 52.4 Å². The molecule has 15 heavy (non-hydrogen) atoms. The standard InChI is InChI=1S/C12H21NOS/c1-10(2)13-8-6-4-3-5-7-11(14)9-12(13)15/h10H,3-9H2,1-2H3. The predicted octanol–water partition coefficient (Wildman–Crippen LogP) is 2.95. The second-order valence-corrected chi connectivity index (χ2v) is 5.03. The number of thiocarbonyl (C=S) groups is 1. The van der Waals surface area contributed by atoms with E-state index >= 15 is 0 Å². The molecule has 86 valence electrons. The smallest absolute Gasteiger partial charge is 0.139 e. The average Bonchev–Trinajstić information content (AvgIpc) is 2.15. The molecular weight excluding hydrogens is 206 g/mol. The van der Waals surface area contributed by atoms with E-state index in [-0.39, 0.29) is 0 Å². The van der Waals surface area contributed by atoms with E-state index in [4.69, 9.17) is 12.2 Å². The molecule has 0 N–H and O–H groups in total. The van der Waals surface area contributed by atoms with Gasteiger partial charge in [0.15, 0.2) is 0 Å². The molecule has 2 nitrogen and oxygen atoms in total. The molecule has 0 unspecified atom stereocenters. The summed E-state index contributed by atoms with van der Waals surface area (Å²) in [6, 6.07) is 0.421. The first-order chi connectivity index (χ1) is 7.11. The Balaban J connectivity index is 2.60. The van der Waals surface area contributed by atoms with Crippen molar-refractivity contribution in [1.82, 2.24) is 4.90 Å². The molecule has 1 rings (SSSR count). The van der Waals surface area contributed by atoms with Crippen LogP contribution in [0.4, 0.5) is 0 Å². The average molecular weight is 227 g/mol. The Kier molecular flexibility index (Phi) is 5.23. The summed E-state index contributed by atoms with van der Waals surface area (Å²) in [7, 11) is 0. The van der Waals surface area contributed by atoms with Crippen LogP contribution in [-0.2, 0) is 4.79 Å². The van der Waals surface area contributed by atoms with Gasteiger partial charge in [0.2, 0.25) is 0 Å². The van der Waals surface area contributed by atoms with Crippen LogP contribution in [0.15, 0.2) is 0 Å². The highest BCUT2D eigenvalue weighted by Crippen LogP contribution is 2.13. The topological polar surface area (TPSA) is 20.3 Å². The Morgan fingerprint density at radius 2 is 1.87 bits per heavy atom. The minimum atomic E-state index is 0.313. The van der Waals surface area contributed by atoms with Gasteiger partial charge in [-0.25, -0.2) is 0 Å². The fourth-order valence-electron chi connectivity index (χ4n) is 1.99. The number of carbonyl (C=O) groups excluding carboxylic acids is 1. The third-order valence-corrected chi connectivity index (χ3v) is 3.28. The fraction of sp³-hybridized carbons (Fsp3) is 0.833. The van der Waals surface area contributed by atoms with Crippen molar-refractivity contribution in [2.45, 2.75) is 58.4 Å². The van der Waals surface area contributed by atoms with E-state index in [1.165, 1.54) is 19.3 Å². The van der Waals surface area contributed by atoms with Crippen molar-refractivity contribution in [3.05, 3.63) is 0 Å². The molecular formula is C12H21NOS. The number of ketones is 1. The molecule has 1 heterocycles. The maximum absolute atomic E-state index is 11.6. The van der Waals surface area contributed by atoms with Crippen LogP contribution in [-0.4, -0.2) is 28.3 Å². The zero-order chi connectivity index (χ0) is 11.3. The van der Waals surface area contributed by atoms with E-state index in [1.807, 2.05) is 0 Å². The molecule has 1 aliphatic rings. The Morgan fingerprint density at radius 3 is 2.53 bits per heavy atom. The maximum atomic E-state index is 11.6. The zero-order valence-electron chi connectivity index (χ0n) is 9.79. The molecule has 0 radical (unpaired) electrons. The van der Waals surface area contributed by atoms with Crippen LogP contribution in [0.25, 0.3) is 0 Å². The molecule has 1 aliphatic heterocycles. The summed E-state index contributed by atoms with van der Waals surface area (Å²) in [6.45, 7) is 5.30. The number of Topliss-reactive ketones (excluding diaryl/α,β-unsaturated/α-hetero) is 1. The quantitative estimate of drug-likeness (QED) is 0.642. The van der Waals surface area contributed by atoms with Crippen LogP contribution in [0.5, 0.6) is 0 Å². The normalized spacial score (nSPS) is 20.9. The van der Waals surface area contributed by atoms with Crippen LogP contribution in [0.3, 0.4) is 0 Å². The largest absolute Gasteiger partial charge is 0.363 e. The van der Waals surface area contributed by atoms with E-state index in [0.717, 1.165) is 18.0 Å². The Bertz CT molecular complexity index is 238. The lowest BCUT2D eigenvalue weighted by atomic mass is 10.1. The van der Waals surface area contributed by atoms with Crippen LogP contribution in [0, 0.1) is 0 Å². The van der Waals surface area contributed by atoms with E-state index in [2.05, 4.69) is 18.7 Å². The van der Waals surface area contributed by atoms with Gasteiger partial charge in [-0.3, -0.25) is 4.79 Å². The van der Waals surface area contributed by atoms with Gasteiger partial charge in [0.25, 0.3) is 0 Å². The monoisotopic (exact) mass is 227 g/mol. The summed E-state index contributed by atoms with van der Waals surface area (Å²) in [5.41, 5.74) is 0. The Hall–Kier alpha value is -0.440. The van der Waals surface area contributed by atoms with E-state index in [9.17, 15) is 4.79 Å². The predicted molar refractivity (Wildman–Crippen MR) is 67.1 cm³/mol. The van der Waals surface area contributed by atoms with Crippen molar-refractivity contribution in [1.29, 1.82) is 0 Å². The molecule has 0 atom stereocenters. The summed E-state index contributed by atoms with van der Waals surface area (Å²) >= 11 is 5.34. The summed E-state index contributed by atoms with van der Waals surface area (Å²) in [5, 5.41) is 0. The lowest BCUT2D eigenvalue weighted by Gasteiger charge is -2.29. The summed E-state index contributed by atoms with van der Waals surface area (Å²) in [5.74, 6) is 0.313. The van der Waals surface area contributed by atoms with Gasteiger partial charge >= 0.3 is 0 Å². The molecule has 0 amide bonds. The first-order valence-electron chi connectivity index (χ1n) is 5.92. The van der Waals surface area contributed by atoms with Crippen molar-refractivity contribution >= 4 is 23.0 Å². The van der Waals surface area contributed by atoms with Crippen molar-refractivity contribution in [3.63, 3.8) is 0 Å². The first kappa shape index (κ1) is 12.6. The highest BCUT2D eigenvalue weighted by atomic mass is 32.1.